The van der Waals surface area contributed by atoms with E-state index in [-0.39, 0.29) is 36.9 Å². The first-order valence-electron chi connectivity index (χ1n) is 32.7. The summed E-state index contributed by atoms with van der Waals surface area (Å²) in [5.41, 5.74) is 3.62. The highest BCUT2D eigenvalue weighted by molar-refractivity contribution is 5.95. The average molecular weight is 1250 g/mol. The van der Waals surface area contributed by atoms with Gasteiger partial charge >= 0.3 is 5.97 Å². The van der Waals surface area contributed by atoms with Crippen LogP contribution in [0.1, 0.15) is 131 Å². The summed E-state index contributed by atoms with van der Waals surface area (Å²) in [5.74, 6) is 2.16. The number of benzene rings is 3. The Bertz CT molecular complexity index is 3110. The molecule has 6 fully saturated rings. The van der Waals surface area contributed by atoms with E-state index in [1.54, 1.807) is 29.2 Å². The van der Waals surface area contributed by atoms with Crippen LogP contribution in [0.3, 0.4) is 0 Å². The van der Waals surface area contributed by atoms with Crippen molar-refractivity contribution in [3.05, 3.63) is 134 Å². The molecule has 4 aromatic rings. The number of carbonyl (C=O) groups excluding carboxylic acids is 3. The fraction of sp³-hybridized carbons (Fsp3) is 0.571. The molecule has 0 bridgehead atoms. The number of aliphatic carboxylic acids is 1. The third-order valence-corrected chi connectivity index (χ3v) is 17.8. The summed E-state index contributed by atoms with van der Waals surface area (Å²) in [7, 11) is 0. The number of piperazine rings is 2. The van der Waals surface area contributed by atoms with Gasteiger partial charge in [-0.15, -0.1) is 0 Å². The Hall–Kier alpha value is -6.81. The fourth-order valence-corrected chi connectivity index (χ4v) is 12.6. The van der Waals surface area contributed by atoms with Crippen LogP contribution in [0, 0.1) is 11.7 Å². The Kier molecular flexibility index (Phi) is 29.0. The normalized spacial score (nSPS) is 19.8. The van der Waals surface area contributed by atoms with Crippen molar-refractivity contribution in [1.29, 1.82) is 0 Å². The Morgan fingerprint density at radius 2 is 1.43 bits per heavy atom. The van der Waals surface area contributed by atoms with Crippen molar-refractivity contribution in [1.82, 2.24) is 50.2 Å². The molecule has 5 saturated heterocycles. The molecule has 1 aromatic heterocycles. The maximum Gasteiger partial charge on any atom is 0.317 e. The van der Waals surface area contributed by atoms with E-state index in [4.69, 9.17) is 19.3 Å². The molecule has 3 aromatic carbocycles. The van der Waals surface area contributed by atoms with Crippen molar-refractivity contribution in [3.63, 3.8) is 0 Å². The SMILES string of the molecule is C.C=C/C=c1/c(=O)[nH]nc(Cc2ccc(F)c(C(=O)N3CCN(C(=O)CN4CCN(CC5CCN(CCOCCOc6cccc(C7CCCNC7)c6)CC5)CC4)CC3)c2)/c1=C/C.CCOc1cccc(C2CCCN(C(=O)CC)C2)c1.O=C(O)CNC1CC1. The second-order valence-corrected chi connectivity index (χ2v) is 24.2. The zero-order valence-corrected chi connectivity index (χ0v) is 52.9. The number of nitrogens with one attached hydrogen (secondary N) is 3. The van der Waals surface area contributed by atoms with Crippen molar-refractivity contribution in [2.45, 2.75) is 110 Å². The smallest absolute Gasteiger partial charge is 0.317 e. The standard InChI is InChI=1S/C48H65FN8O5.C16H23NO2.C5H9NO2.CH4/c1-3-7-42-41(4-2)45(51-52-47(42)59)31-37-11-12-44(49)43(30-37)48(60)57-24-22-56(23-25-57)46(58)35-55-20-18-54(19-21-55)34-36-13-16-53(17-14-36)26-27-61-28-29-62-40-10-5-8-38(32-40)39-9-6-15-50-33-39;1-3-16(18)17-10-6-8-14(12-17)13-7-5-9-15(11-13)19-4-2;7-5(8)3-6-4-1-2-4;/h3-5,7-8,10-12,30,32,36,39,50H,1,6,9,13-29,31,33-35H2,2H3,(H,52,59);5,7,9,11,14H,3-4,6,8,10,12H2,1-2H3;4,6H,1-3H2,(H,7,8);1H4/b41-4+,42-7+;;;. The quantitative estimate of drug-likeness (QED) is 0.0620. The summed E-state index contributed by atoms with van der Waals surface area (Å²) in [5, 5.41) is 22.4. The van der Waals surface area contributed by atoms with Crippen molar-refractivity contribution in [3.8, 4) is 11.5 Å². The number of halogens is 1. The van der Waals surface area contributed by atoms with Gasteiger partial charge in [0.25, 0.3) is 11.5 Å². The van der Waals surface area contributed by atoms with E-state index < -0.39 is 17.7 Å². The second-order valence-electron chi connectivity index (χ2n) is 24.2. The van der Waals surface area contributed by atoms with Crippen molar-refractivity contribution in [2.24, 2.45) is 5.92 Å². The first kappa shape index (κ1) is 70.6. The van der Waals surface area contributed by atoms with Crippen LogP contribution in [-0.2, 0) is 25.5 Å². The molecular formula is C70H101FN10O9. The van der Waals surface area contributed by atoms with Crippen LogP contribution in [0.5, 0.6) is 11.5 Å². The van der Waals surface area contributed by atoms with Crippen LogP contribution >= 0.6 is 0 Å². The molecule has 1 saturated carbocycles. The van der Waals surface area contributed by atoms with E-state index in [2.05, 4.69) is 72.4 Å². The van der Waals surface area contributed by atoms with Gasteiger partial charge in [-0.2, -0.15) is 5.10 Å². The minimum Gasteiger partial charge on any atom is -0.494 e. The topological polar surface area (TPSA) is 205 Å². The highest BCUT2D eigenvalue weighted by atomic mass is 19.1. The number of ether oxygens (including phenoxy) is 3. The van der Waals surface area contributed by atoms with E-state index in [0.29, 0.717) is 111 Å². The molecule has 3 amide bonds. The summed E-state index contributed by atoms with van der Waals surface area (Å²) in [4.78, 5) is 73.7. The number of likely N-dealkylation sites (tertiary alicyclic amines) is 2. The van der Waals surface area contributed by atoms with Crippen molar-refractivity contribution >= 4 is 35.8 Å². The Morgan fingerprint density at radius 3 is 2.09 bits per heavy atom. The Balaban J connectivity index is 0.000000337. The van der Waals surface area contributed by atoms with Crippen LogP contribution in [-0.4, -0.2) is 219 Å². The number of carboxylic acids is 1. The summed E-state index contributed by atoms with van der Waals surface area (Å²) < 4.78 is 32.6. The van der Waals surface area contributed by atoms with Gasteiger partial charge in [-0.3, -0.25) is 28.9 Å². The molecular weight excluding hydrogens is 1140 g/mol. The van der Waals surface area contributed by atoms with Crippen molar-refractivity contribution in [2.75, 3.05) is 144 Å². The molecule has 492 valence electrons. The molecule has 2 atom stereocenters. The minimum absolute atomic E-state index is 0. The zero-order valence-electron chi connectivity index (χ0n) is 52.9. The van der Waals surface area contributed by atoms with Crippen LogP contribution in [0.4, 0.5) is 4.39 Å². The maximum atomic E-state index is 15.1. The molecule has 4 N–H and O–H groups in total. The summed E-state index contributed by atoms with van der Waals surface area (Å²) >= 11 is 0. The van der Waals surface area contributed by atoms with Gasteiger partial charge in [-0.25, -0.2) is 9.49 Å². The first-order valence-corrected chi connectivity index (χ1v) is 32.7. The van der Waals surface area contributed by atoms with E-state index >= 15 is 4.39 Å². The minimum atomic E-state index is -0.767. The number of allylic oxidation sites excluding steroid dienone is 1. The maximum absolute atomic E-state index is 15.1. The molecule has 0 radical (unpaired) electrons. The number of aromatic amines is 1. The number of carboxylic acid groups (broad SMARTS) is 1. The Morgan fingerprint density at radius 1 is 0.744 bits per heavy atom. The molecule has 19 nitrogen and oxygen atoms in total. The molecule has 0 spiro atoms. The lowest BCUT2D eigenvalue weighted by molar-refractivity contribution is -0.136. The average Bonchev–Trinajstić information content (AvgIpc) is 1.80. The molecule has 90 heavy (non-hydrogen) atoms. The van der Waals surface area contributed by atoms with Gasteiger partial charge in [-0.1, -0.05) is 63.4 Å². The lowest BCUT2D eigenvalue weighted by atomic mass is 9.90. The molecule has 6 aliphatic rings. The first-order chi connectivity index (χ1) is 43.3. The van der Waals surface area contributed by atoms with E-state index in [0.717, 1.165) is 122 Å². The van der Waals surface area contributed by atoms with Gasteiger partial charge in [0.1, 0.15) is 23.9 Å². The van der Waals surface area contributed by atoms with Crippen LogP contribution in [0.25, 0.3) is 12.2 Å². The van der Waals surface area contributed by atoms with E-state index in [9.17, 15) is 24.0 Å². The fourth-order valence-electron chi connectivity index (χ4n) is 12.6. The van der Waals surface area contributed by atoms with Gasteiger partial charge in [0.2, 0.25) is 11.8 Å². The lowest BCUT2D eigenvalue weighted by Crippen LogP contribution is -2.55. The Labute approximate surface area is 532 Å². The molecule has 5 aliphatic heterocycles. The third-order valence-electron chi connectivity index (χ3n) is 17.8. The highest BCUT2D eigenvalue weighted by Gasteiger charge is 2.30. The number of hydrogen-bond acceptors (Lipinski definition) is 14. The predicted octanol–water partition coefficient (Wildman–Crippen LogP) is 6.10. The highest BCUT2D eigenvalue weighted by Crippen LogP contribution is 2.30. The van der Waals surface area contributed by atoms with Gasteiger partial charge < -0.3 is 54.5 Å². The summed E-state index contributed by atoms with van der Waals surface area (Å²) in [6, 6.07) is 21.8. The van der Waals surface area contributed by atoms with Gasteiger partial charge in [-0.05, 0) is 156 Å². The summed E-state index contributed by atoms with van der Waals surface area (Å²) in [6.45, 7) is 25.9. The van der Waals surface area contributed by atoms with E-state index in [1.165, 1.54) is 42.9 Å². The van der Waals surface area contributed by atoms with Crippen LogP contribution in [0.2, 0.25) is 0 Å². The van der Waals surface area contributed by atoms with Gasteiger partial charge in [0.05, 0.1) is 44.2 Å². The number of aromatic nitrogens is 2. The molecule has 10 rings (SSSR count). The monoisotopic (exact) mass is 1240 g/mol. The molecule has 6 heterocycles. The number of rotatable bonds is 23. The van der Waals surface area contributed by atoms with Gasteiger partial charge in [0.15, 0.2) is 0 Å². The van der Waals surface area contributed by atoms with Crippen LogP contribution < -0.4 is 36.1 Å². The lowest BCUT2D eigenvalue weighted by Gasteiger charge is -2.40. The zero-order chi connectivity index (χ0) is 62.9. The number of piperidine rings is 3. The largest absolute Gasteiger partial charge is 0.494 e. The third kappa shape index (κ3) is 22.0. The molecule has 1 aliphatic carbocycles. The van der Waals surface area contributed by atoms with E-state index in [1.807, 2.05) is 54.8 Å². The summed E-state index contributed by atoms with van der Waals surface area (Å²) in [6.07, 6.45) is 15.3. The number of H-pyrrole nitrogens is 1. The van der Waals surface area contributed by atoms with Crippen LogP contribution in [0.15, 0.2) is 84.2 Å². The van der Waals surface area contributed by atoms with Crippen molar-refractivity contribution < 1.29 is 42.9 Å². The molecule has 20 heteroatoms. The molecule has 2 unspecified atom stereocenters. The number of nitrogens with zero attached hydrogens (tertiary/aromatic N) is 7. The predicted molar refractivity (Wildman–Crippen MR) is 352 cm³/mol. The van der Waals surface area contributed by atoms with Gasteiger partial charge in [0, 0.05) is 120 Å². The number of carbonyl (C=O) groups is 4. The number of amides is 3. The second kappa shape index (κ2) is 36.9. The number of hydrogen-bond donors (Lipinski definition) is 4.